The van der Waals surface area contributed by atoms with Gasteiger partial charge in [-0.05, 0) is 48.4 Å². The van der Waals surface area contributed by atoms with Crippen molar-refractivity contribution in [1.29, 1.82) is 0 Å². The van der Waals surface area contributed by atoms with Gasteiger partial charge in [-0.25, -0.2) is 0 Å². The van der Waals surface area contributed by atoms with Crippen molar-refractivity contribution in [3.05, 3.63) is 53.6 Å². The predicted molar refractivity (Wildman–Crippen MR) is 74.9 cm³/mol. The quantitative estimate of drug-likeness (QED) is 0.828. The van der Waals surface area contributed by atoms with Crippen LogP contribution in [0.3, 0.4) is 0 Å². The molecule has 18 heavy (non-hydrogen) atoms. The molecule has 2 heteroatoms. The summed E-state index contributed by atoms with van der Waals surface area (Å²) in [5.41, 5.74) is 2.02. The molecule has 0 aliphatic carbocycles. The first-order valence-corrected chi connectivity index (χ1v) is 6.01. The first-order valence-electron chi connectivity index (χ1n) is 6.01. The van der Waals surface area contributed by atoms with E-state index in [1.165, 1.54) is 0 Å². The maximum absolute atomic E-state index is 10.1. The van der Waals surface area contributed by atoms with Gasteiger partial charge in [-0.3, -0.25) is 0 Å². The summed E-state index contributed by atoms with van der Waals surface area (Å²) in [6.07, 6.45) is 1.31. The van der Waals surface area contributed by atoms with E-state index in [1.807, 2.05) is 56.3 Å². The third kappa shape index (κ3) is 2.71. The van der Waals surface area contributed by atoms with Crippen molar-refractivity contribution in [1.82, 2.24) is 0 Å². The Hall–Kier alpha value is -1.80. The maximum Gasteiger partial charge on any atom is 0.119 e. The number of benzene rings is 2. The van der Waals surface area contributed by atoms with Gasteiger partial charge in [0.05, 0.1) is 13.2 Å². The molecular formula is C16H18O2. The van der Waals surface area contributed by atoms with E-state index < -0.39 is 6.10 Å². The van der Waals surface area contributed by atoms with Crippen molar-refractivity contribution in [2.24, 2.45) is 0 Å². The molecule has 0 aliphatic rings. The largest absolute Gasteiger partial charge is 0.497 e. The molecule has 0 saturated carbocycles. The zero-order valence-corrected chi connectivity index (χ0v) is 11.0. The second kappa shape index (κ2) is 5.23. The molecule has 0 fully saturated rings. The first-order chi connectivity index (χ1) is 8.60. The Balaban J connectivity index is 2.42. The van der Waals surface area contributed by atoms with E-state index in [1.54, 1.807) is 7.11 Å². The van der Waals surface area contributed by atoms with E-state index >= 15 is 0 Å². The molecule has 0 heterocycles. The van der Waals surface area contributed by atoms with Crippen LogP contribution in [0.2, 0.25) is 0 Å². The van der Waals surface area contributed by atoms with Gasteiger partial charge >= 0.3 is 0 Å². The summed E-state index contributed by atoms with van der Waals surface area (Å²) >= 11 is 0. The van der Waals surface area contributed by atoms with Gasteiger partial charge in [0.1, 0.15) is 5.75 Å². The van der Waals surface area contributed by atoms with Gasteiger partial charge in [0.25, 0.3) is 0 Å². The van der Waals surface area contributed by atoms with Crippen molar-refractivity contribution in [2.45, 2.75) is 20.0 Å². The second-order valence-corrected chi connectivity index (χ2v) is 4.66. The lowest BCUT2D eigenvalue weighted by molar-refractivity contribution is 0.228. The molecule has 1 N–H and O–H groups in total. The number of hydrogen-bond acceptors (Lipinski definition) is 2. The minimum Gasteiger partial charge on any atom is -0.497 e. The lowest BCUT2D eigenvalue weighted by atomic mass is 10.0. The lowest BCUT2D eigenvalue weighted by Crippen LogP contribution is -1.94. The van der Waals surface area contributed by atoms with Gasteiger partial charge < -0.3 is 9.84 Å². The molecule has 94 valence electrons. The molecule has 0 aromatic heterocycles. The average Bonchev–Trinajstić information content (AvgIpc) is 2.36. The minimum absolute atomic E-state index is 0.540. The van der Waals surface area contributed by atoms with Crippen molar-refractivity contribution in [3.63, 3.8) is 0 Å². The van der Waals surface area contributed by atoms with Gasteiger partial charge in [-0.2, -0.15) is 0 Å². The molecule has 1 atom stereocenters. The van der Waals surface area contributed by atoms with Crippen LogP contribution >= 0.6 is 0 Å². The van der Waals surface area contributed by atoms with Crippen molar-refractivity contribution in [3.8, 4) is 5.75 Å². The summed E-state index contributed by atoms with van der Waals surface area (Å²) in [5, 5.41) is 12.3. The Morgan fingerprint density at radius 3 is 2.44 bits per heavy atom. The van der Waals surface area contributed by atoms with E-state index in [0.717, 1.165) is 27.7 Å². The smallest absolute Gasteiger partial charge is 0.119 e. The van der Waals surface area contributed by atoms with Crippen molar-refractivity contribution in [2.75, 3.05) is 7.11 Å². The molecule has 2 aromatic carbocycles. The fraction of sp³-hybridized carbons (Fsp3) is 0.250. The molecule has 2 nitrogen and oxygen atoms in total. The molecule has 2 aromatic rings. The van der Waals surface area contributed by atoms with Crippen molar-refractivity contribution < 1.29 is 9.84 Å². The van der Waals surface area contributed by atoms with Crippen LogP contribution in [0, 0.1) is 0 Å². The zero-order chi connectivity index (χ0) is 13.1. The SMILES string of the molecule is COc1ccc2cc(C(O)C=C(C)C)ccc2c1. The number of rotatable bonds is 3. The highest BCUT2D eigenvalue weighted by Gasteiger charge is 2.05. The standard InChI is InChI=1S/C16H18O2/c1-11(2)8-16(17)14-5-4-13-10-15(18-3)7-6-12(13)9-14/h4-10,16-17H,1-3H3. The fourth-order valence-electron chi connectivity index (χ4n) is 1.97. The average molecular weight is 242 g/mol. The van der Waals surface area contributed by atoms with E-state index in [4.69, 9.17) is 4.74 Å². The molecule has 0 amide bonds. The van der Waals surface area contributed by atoms with Crippen LogP contribution < -0.4 is 4.74 Å². The van der Waals surface area contributed by atoms with Crippen LogP contribution in [-0.4, -0.2) is 12.2 Å². The number of fused-ring (bicyclic) bond motifs is 1. The van der Waals surface area contributed by atoms with Gasteiger partial charge in [0, 0.05) is 0 Å². The maximum atomic E-state index is 10.1. The van der Waals surface area contributed by atoms with Crippen LogP contribution in [-0.2, 0) is 0 Å². The Kier molecular flexibility index (Phi) is 3.68. The Morgan fingerprint density at radius 1 is 1.11 bits per heavy atom. The highest BCUT2D eigenvalue weighted by molar-refractivity contribution is 5.84. The molecule has 2 rings (SSSR count). The molecular weight excluding hydrogens is 224 g/mol. The lowest BCUT2D eigenvalue weighted by Gasteiger charge is -2.09. The van der Waals surface area contributed by atoms with E-state index in [0.29, 0.717) is 0 Å². The number of methoxy groups -OCH3 is 1. The minimum atomic E-state index is -0.540. The van der Waals surface area contributed by atoms with Gasteiger partial charge in [0.2, 0.25) is 0 Å². The zero-order valence-electron chi connectivity index (χ0n) is 11.0. The highest BCUT2D eigenvalue weighted by atomic mass is 16.5. The third-order valence-electron chi connectivity index (χ3n) is 2.90. The summed E-state index contributed by atoms with van der Waals surface area (Å²) in [6.45, 7) is 3.96. The molecule has 0 bridgehead atoms. The van der Waals surface area contributed by atoms with Gasteiger partial charge in [0.15, 0.2) is 0 Å². The molecule has 0 saturated heterocycles. The van der Waals surface area contributed by atoms with Crippen LogP contribution in [0.5, 0.6) is 5.75 Å². The fourth-order valence-corrected chi connectivity index (χ4v) is 1.97. The Bertz CT molecular complexity index is 581. The van der Waals surface area contributed by atoms with E-state index in [-0.39, 0.29) is 0 Å². The van der Waals surface area contributed by atoms with Crippen molar-refractivity contribution >= 4 is 10.8 Å². The van der Waals surface area contributed by atoms with Crippen LogP contribution in [0.15, 0.2) is 48.0 Å². The summed E-state index contributed by atoms with van der Waals surface area (Å²) < 4.78 is 5.19. The third-order valence-corrected chi connectivity index (χ3v) is 2.90. The molecule has 0 radical (unpaired) electrons. The number of aliphatic hydroxyl groups excluding tert-OH is 1. The summed E-state index contributed by atoms with van der Waals surface area (Å²) in [7, 11) is 1.66. The number of aliphatic hydroxyl groups is 1. The van der Waals surface area contributed by atoms with Gasteiger partial charge in [-0.1, -0.05) is 29.8 Å². The van der Waals surface area contributed by atoms with Crippen LogP contribution in [0.25, 0.3) is 10.8 Å². The van der Waals surface area contributed by atoms with E-state index in [9.17, 15) is 5.11 Å². The van der Waals surface area contributed by atoms with Crippen LogP contribution in [0.1, 0.15) is 25.5 Å². The number of allylic oxidation sites excluding steroid dienone is 1. The normalized spacial score (nSPS) is 12.2. The summed E-state index contributed by atoms with van der Waals surface area (Å²) in [4.78, 5) is 0. The molecule has 0 spiro atoms. The second-order valence-electron chi connectivity index (χ2n) is 4.66. The Morgan fingerprint density at radius 2 is 1.78 bits per heavy atom. The molecule has 1 unspecified atom stereocenters. The monoisotopic (exact) mass is 242 g/mol. The number of ether oxygens (including phenoxy) is 1. The summed E-state index contributed by atoms with van der Waals surface area (Å²) in [6, 6.07) is 11.9. The van der Waals surface area contributed by atoms with Gasteiger partial charge in [-0.15, -0.1) is 0 Å². The molecule has 0 aliphatic heterocycles. The summed E-state index contributed by atoms with van der Waals surface area (Å²) in [5.74, 6) is 0.847. The van der Waals surface area contributed by atoms with Crippen LogP contribution in [0.4, 0.5) is 0 Å². The predicted octanol–water partition coefficient (Wildman–Crippen LogP) is 3.85. The number of hydrogen-bond donors (Lipinski definition) is 1. The first kappa shape index (κ1) is 12.7. The topological polar surface area (TPSA) is 29.5 Å². The Labute approximate surface area is 108 Å². The highest BCUT2D eigenvalue weighted by Crippen LogP contribution is 2.25. The van der Waals surface area contributed by atoms with E-state index in [2.05, 4.69) is 0 Å².